The Morgan fingerprint density at radius 3 is 1.88 bits per heavy atom. The SMILES string of the molecule is Cl.Cl.O=C(O)CCN1CCN(C[C@@H](O)Cn2c3ccc(Br)cc3c3cc(Br)ccc32)CC1. The van der Waals surface area contributed by atoms with Crippen LogP contribution < -0.4 is 0 Å². The lowest BCUT2D eigenvalue weighted by Gasteiger charge is -2.35. The van der Waals surface area contributed by atoms with Crippen LogP contribution in [0.4, 0.5) is 0 Å². The Balaban J connectivity index is 0.00000181. The van der Waals surface area contributed by atoms with Gasteiger partial charge in [-0.05, 0) is 36.4 Å². The third-order valence-corrected chi connectivity index (χ3v) is 6.74. The van der Waals surface area contributed by atoms with Crippen LogP contribution in [0.2, 0.25) is 0 Å². The summed E-state index contributed by atoms with van der Waals surface area (Å²) in [6, 6.07) is 12.5. The van der Waals surface area contributed by atoms with Crippen molar-refractivity contribution in [2.75, 3.05) is 39.3 Å². The highest BCUT2D eigenvalue weighted by atomic mass is 79.9. The van der Waals surface area contributed by atoms with Crippen molar-refractivity contribution in [1.82, 2.24) is 14.4 Å². The van der Waals surface area contributed by atoms with Crippen molar-refractivity contribution < 1.29 is 15.0 Å². The smallest absolute Gasteiger partial charge is 0.304 e. The van der Waals surface area contributed by atoms with Gasteiger partial charge in [0, 0.05) is 70.0 Å². The van der Waals surface area contributed by atoms with E-state index >= 15 is 0 Å². The summed E-state index contributed by atoms with van der Waals surface area (Å²) >= 11 is 7.15. The number of hydrogen-bond donors (Lipinski definition) is 2. The Morgan fingerprint density at radius 2 is 1.38 bits per heavy atom. The van der Waals surface area contributed by atoms with Crippen LogP contribution in [-0.2, 0) is 11.3 Å². The summed E-state index contributed by atoms with van der Waals surface area (Å²) in [5.74, 6) is -0.752. The van der Waals surface area contributed by atoms with Crippen molar-refractivity contribution in [2.24, 2.45) is 0 Å². The Labute approximate surface area is 216 Å². The zero-order valence-electron chi connectivity index (χ0n) is 17.4. The molecular weight excluding hydrogens is 585 g/mol. The molecule has 0 saturated carbocycles. The Morgan fingerprint density at radius 1 is 0.875 bits per heavy atom. The molecule has 1 aliphatic rings. The second-order valence-electron chi connectivity index (χ2n) is 7.87. The molecule has 0 unspecified atom stereocenters. The van der Waals surface area contributed by atoms with Crippen molar-refractivity contribution in [1.29, 1.82) is 0 Å². The van der Waals surface area contributed by atoms with Gasteiger partial charge < -0.3 is 19.7 Å². The molecule has 2 aromatic carbocycles. The number of rotatable bonds is 7. The minimum absolute atomic E-state index is 0. The van der Waals surface area contributed by atoms with E-state index in [0.29, 0.717) is 19.6 Å². The van der Waals surface area contributed by atoms with Crippen LogP contribution >= 0.6 is 56.7 Å². The number of aliphatic hydroxyl groups excluding tert-OH is 1. The number of benzene rings is 2. The van der Waals surface area contributed by atoms with E-state index < -0.39 is 12.1 Å². The number of hydrogen-bond acceptors (Lipinski definition) is 4. The van der Waals surface area contributed by atoms with Gasteiger partial charge in [0.2, 0.25) is 0 Å². The normalized spacial score (nSPS) is 16.0. The van der Waals surface area contributed by atoms with E-state index in [1.54, 1.807) is 0 Å². The second kappa shape index (κ2) is 12.0. The minimum atomic E-state index is -0.752. The summed E-state index contributed by atoms with van der Waals surface area (Å²) in [6.45, 7) is 5.13. The van der Waals surface area contributed by atoms with E-state index in [-0.39, 0.29) is 31.2 Å². The van der Waals surface area contributed by atoms with Crippen LogP contribution in [-0.4, -0.2) is 75.9 Å². The largest absolute Gasteiger partial charge is 0.481 e. The van der Waals surface area contributed by atoms with Gasteiger partial charge in [-0.2, -0.15) is 0 Å². The molecule has 0 radical (unpaired) electrons. The third kappa shape index (κ3) is 6.38. The van der Waals surface area contributed by atoms with Gasteiger partial charge >= 0.3 is 5.97 Å². The summed E-state index contributed by atoms with van der Waals surface area (Å²) in [4.78, 5) is 15.2. The van der Waals surface area contributed by atoms with E-state index in [0.717, 1.165) is 46.2 Å². The predicted molar refractivity (Wildman–Crippen MR) is 140 cm³/mol. The lowest BCUT2D eigenvalue weighted by molar-refractivity contribution is -0.137. The van der Waals surface area contributed by atoms with E-state index in [1.165, 1.54) is 10.8 Å². The van der Waals surface area contributed by atoms with Crippen LogP contribution in [0.25, 0.3) is 21.8 Å². The highest BCUT2D eigenvalue weighted by Gasteiger charge is 2.21. The summed E-state index contributed by atoms with van der Waals surface area (Å²) in [7, 11) is 0. The van der Waals surface area contributed by atoms with Crippen LogP contribution in [0.1, 0.15) is 6.42 Å². The molecule has 1 aromatic heterocycles. The second-order valence-corrected chi connectivity index (χ2v) is 9.70. The fraction of sp³-hybridized carbons (Fsp3) is 0.409. The van der Waals surface area contributed by atoms with Crippen molar-refractivity contribution in [3.63, 3.8) is 0 Å². The molecule has 1 fully saturated rings. The van der Waals surface area contributed by atoms with Crippen LogP contribution in [0.15, 0.2) is 45.3 Å². The molecule has 0 bridgehead atoms. The average molecular weight is 612 g/mol. The molecule has 0 amide bonds. The first-order valence-corrected chi connectivity index (χ1v) is 11.7. The number of aliphatic hydroxyl groups is 1. The topological polar surface area (TPSA) is 68.9 Å². The Kier molecular flexibility index (Phi) is 10.3. The average Bonchev–Trinajstić information content (AvgIpc) is 2.99. The highest BCUT2D eigenvalue weighted by molar-refractivity contribution is 9.10. The van der Waals surface area contributed by atoms with Crippen LogP contribution in [0.5, 0.6) is 0 Å². The molecule has 0 spiro atoms. The quantitative estimate of drug-likeness (QED) is 0.408. The monoisotopic (exact) mass is 609 g/mol. The maximum absolute atomic E-state index is 10.9. The number of halogens is 4. The van der Waals surface area contributed by atoms with E-state index in [2.05, 4.69) is 70.5 Å². The predicted octanol–water partition coefficient (Wildman–Crippen LogP) is 4.62. The number of carboxylic acids is 1. The van der Waals surface area contributed by atoms with Gasteiger partial charge in [0.05, 0.1) is 19.1 Å². The number of carbonyl (C=O) groups is 1. The number of β-amino-alcohol motifs (C(OH)–C–C–N with tert-alkyl or cyclic N) is 1. The van der Waals surface area contributed by atoms with Crippen LogP contribution in [0.3, 0.4) is 0 Å². The third-order valence-electron chi connectivity index (χ3n) is 5.76. The lowest BCUT2D eigenvalue weighted by atomic mass is 10.2. The molecule has 4 rings (SSSR count). The van der Waals surface area contributed by atoms with Crippen molar-refractivity contribution in [3.8, 4) is 0 Å². The molecule has 2 N–H and O–H groups in total. The van der Waals surface area contributed by atoms with Gasteiger partial charge in [-0.1, -0.05) is 31.9 Å². The van der Waals surface area contributed by atoms with E-state index in [1.807, 2.05) is 12.1 Å². The van der Waals surface area contributed by atoms with Crippen molar-refractivity contribution in [2.45, 2.75) is 19.1 Å². The molecule has 1 saturated heterocycles. The summed E-state index contributed by atoms with van der Waals surface area (Å²) in [5.41, 5.74) is 2.23. The molecule has 2 heterocycles. The minimum Gasteiger partial charge on any atom is -0.481 e. The Hall–Kier alpha value is -0.870. The number of nitrogens with zero attached hydrogens (tertiary/aromatic N) is 3. The van der Waals surface area contributed by atoms with Gasteiger partial charge in [-0.25, -0.2) is 0 Å². The highest BCUT2D eigenvalue weighted by Crippen LogP contribution is 2.33. The zero-order valence-corrected chi connectivity index (χ0v) is 22.2. The number of aliphatic carboxylic acids is 1. The maximum Gasteiger partial charge on any atom is 0.304 e. The fourth-order valence-electron chi connectivity index (χ4n) is 4.26. The van der Waals surface area contributed by atoms with E-state index in [4.69, 9.17) is 5.11 Å². The zero-order chi connectivity index (χ0) is 21.3. The number of piperazine rings is 1. The lowest BCUT2D eigenvalue weighted by Crippen LogP contribution is -2.49. The number of aromatic nitrogens is 1. The maximum atomic E-state index is 10.9. The first-order chi connectivity index (χ1) is 14.4. The molecule has 1 aliphatic heterocycles. The van der Waals surface area contributed by atoms with Gasteiger partial charge in [-0.3, -0.25) is 9.69 Å². The molecule has 10 heteroatoms. The molecule has 0 aliphatic carbocycles. The molecule has 6 nitrogen and oxygen atoms in total. The molecular formula is C22H27Br2Cl2N3O3. The fourth-order valence-corrected chi connectivity index (χ4v) is 4.98. The molecule has 1 atom stereocenters. The summed E-state index contributed by atoms with van der Waals surface area (Å²) in [5, 5.41) is 22.0. The van der Waals surface area contributed by atoms with Crippen molar-refractivity contribution in [3.05, 3.63) is 45.3 Å². The van der Waals surface area contributed by atoms with Gasteiger partial charge in [-0.15, -0.1) is 24.8 Å². The number of fused-ring (bicyclic) bond motifs is 3. The first kappa shape index (κ1) is 27.4. The van der Waals surface area contributed by atoms with Gasteiger partial charge in [0.25, 0.3) is 0 Å². The van der Waals surface area contributed by atoms with E-state index in [9.17, 15) is 9.90 Å². The molecule has 3 aromatic rings. The molecule has 32 heavy (non-hydrogen) atoms. The molecule has 176 valence electrons. The standard InChI is InChI=1S/C22H25Br2N3O3.2ClH/c23-15-1-3-20-18(11-15)19-12-16(24)2-4-21(19)27(20)14-17(28)13-26-9-7-25(8-10-26)6-5-22(29)30;;/h1-4,11-12,17,28H,5-10,13-14H2,(H,29,30);2*1H/t17-;;/m1../s1. The first-order valence-electron chi connectivity index (χ1n) is 10.1. The van der Waals surface area contributed by atoms with Crippen LogP contribution in [0, 0.1) is 0 Å². The summed E-state index contributed by atoms with van der Waals surface area (Å²) < 4.78 is 4.28. The summed E-state index contributed by atoms with van der Waals surface area (Å²) in [6.07, 6.45) is -0.301. The van der Waals surface area contributed by atoms with Gasteiger partial charge in [0.1, 0.15) is 0 Å². The Bertz CT molecular complexity index is 1010. The van der Waals surface area contributed by atoms with Crippen molar-refractivity contribution >= 4 is 84.4 Å². The number of carboxylic acid groups (broad SMARTS) is 1. The van der Waals surface area contributed by atoms with Gasteiger partial charge in [0.15, 0.2) is 0 Å².